The summed E-state index contributed by atoms with van der Waals surface area (Å²) in [6, 6.07) is 4.02. The first kappa shape index (κ1) is 26.3. The van der Waals surface area contributed by atoms with Crippen LogP contribution in [0, 0.1) is 6.92 Å². The van der Waals surface area contributed by atoms with Gasteiger partial charge >= 0.3 is 29.6 Å². The predicted octanol–water partition coefficient (Wildman–Crippen LogP) is -2.79. The number of unbranched alkanes of at least 4 members (excludes halogenated alkanes) is 2. The molecule has 0 aliphatic rings. The van der Waals surface area contributed by atoms with Crippen molar-refractivity contribution in [1.29, 1.82) is 0 Å². The first-order valence-electron chi connectivity index (χ1n) is 6.78. The Balaban J connectivity index is -0.000000286. The molecular formula is C15H25NaO6. The van der Waals surface area contributed by atoms with Crippen molar-refractivity contribution in [2.24, 2.45) is 0 Å². The number of rotatable bonds is 5. The van der Waals surface area contributed by atoms with Gasteiger partial charge < -0.3 is 30.3 Å². The Hall–Kier alpha value is -0.630. The molecule has 0 unspecified atom stereocenters. The Morgan fingerprint density at radius 2 is 1.55 bits per heavy atom. The SMILES string of the molecule is CCO.Cc1cc(O)ccc1C(=O)[O-].OCCCCCO.[Na+]. The van der Waals surface area contributed by atoms with Crippen molar-refractivity contribution in [3.05, 3.63) is 29.3 Å². The maximum absolute atomic E-state index is 10.3. The normalized spacial score (nSPS) is 8.59. The number of carbonyl (C=O) groups excluding carboxylic acids is 1. The van der Waals surface area contributed by atoms with E-state index in [1.54, 1.807) is 13.8 Å². The number of aromatic carboxylic acids is 1. The van der Waals surface area contributed by atoms with Crippen LogP contribution in [0.3, 0.4) is 0 Å². The third-order valence-corrected chi connectivity index (χ3v) is 2.25. The van der Waals surface area contributed by atoms with Gasteiger partial charge in [0.05, 0.1) is 5.97 Å². The second-order valence-corrected chi connectivity index (χ2v) is 4.11. The van der Waals surface area contributed by atoms with Gasteiger partial charge in [-0.25, -0.2) is 0 Å². The largest absolute Gasteiger partial charge is 1.00 e. The van der Waals surface area contributed by atoms with E-state index in [1.807, 2.05) is 0 Å². The van der Waals surface area contributed by atoms with E-state index in [2.05, 4.69) is 0 Å². The first-order chi connectivity index (χ1) is 9.94. The molecule has 1 rings (SSSR count). The average molecular weight is 324 g/mol. The number of phenolic OH excluding ortho intramolecular Hbond substituents is 1. The number of phenols is 1. The summed E-state index contributed by atoms with van der Waals surface area (Å²) in [5, 5.41) is 43.2. The van der Waals surface area contributed by atoms with E-state index in [9.17, 15) is 9.90 Å². The van der Waals surface area contributed by atoms with Crippen molar-refractivity contribution in [3.63, 3.8) is 0 Å². The van der Waals surface area contributed by atoms with Crippen LogP contribution in [0.25, 0.3) is 0 Å². The van der Waals surface area contributed by atoms with E-state index in [4.69, 9.17) is 20.4 Å². The maximum Gasteiger partial charge on any atom is 1.00 e. The first-order valence-corrected chi connectivity index (χ1v) is 6.78. The van der Waals surface area contributed by atoms with Crippen LogP contribution in [-0.2, 0) is 0 Å². The smallest absolute Gasteiger partial charge is 0.545 e. The fourth-order valence-electron chi connectivity index (χ4n) is 1.28. The summed E-state index contributed by atoms with van der Waals surface area (Å²) < 4.78 is 0. The van der Waals surface area contributed by atoms with Gasteiger partial charge in [0.1, 0.15) is 5.75 Å². The van der Waals surface area contributed by atoms with E-state index in [0.717, 1.165) is 19.3 Å². The van der Waals surface area contributed by atoms with Crippen LogP contribution in [0.15, 0.2) is 18.2 Å². The summed E-state index contributed by atoms with van der Waals surface area (Å²) >= 11 is 0. The zero-order valence-corrected chi connectivity index (χ0v) is 15.6. The van der Waals surface area contributed by atoms with Crippen molar-refractivity contribution >= 4 is 5.97 Å². The van der Waals surface area contributed by atoms with Gasteiger partial charge in [-0.2, -0.15) is 0 Å². The average Bonchev–Trinajstić information content (AvgIpc) is 2.40. The van der Waals surface area contributed by atoms with E-state index in [-0.39, 0.29) is 60.7 Å². The molecule has 122 valence electrons. The van der Waals surface area contributed by atoms with Crippen LogP contribution < -0.4 is 34.7 Å². The number of carboxylic acids is 1. The van der Waals surface area contributed by atoms with Crippen molar-refractivity contribution in [3.8, 4) is 5.75 Å². The van der Waals surface area contributed by atoms with Crippen molar-refractivity contribution in [2.75, 3.05) is 19.8 Å². The number of aryl methyl sites for hydroxylation is 1. The van der Waals surface area contributed by atoms with E-state index >= 15 is 0 Å². The quantitative estimate of drug-likeness (QED) is 0.343. The Bertz CT molecular complexity index is 380. The molecule has 0 amide bonds. The Labute approximate surface area is 153 Å². The molecular weight excluding hydrogens is 299 g/mol. The zero-order chi connectivity index (χ0) is 16.7. The predicted molar refractivity (Wildman–Crippen MR) is 78.0 cm³/mol. The van der Waals surface area contributed by atoms with Gasteiger partial charge in [0.25, 0.3) is 0 Å². The number of benzene rings is 1. The molecule has 0 heterocycles. The molecule has 0 aliphatic carbocycles. The summed E-state index contributed by atoms with van der Waals surface area (Å²) in [6.45, 7) is 4.03. The van der Waals surface area contributed by atoms with Crippen LogP contribution in [0.2, 0.25) is 0 Å². The van der Waals surface area contributed by atoms with Gasteiger partial charge in [-0.3, -0.25) is 0 Å². The summed E-state index contributed by atoms with van der Waals surface area (Å²) in [7, 11) is 0. The second kappa shape index (κ2) is 18.4. The molecule has 1 aromatic rings. The molecule has 0 spiro atoms. The van der Waals surface area contributed by atoms with E-state index < -0.39 is 5.97 Å². The van der Waals surface area contributed by atoms with Gasteiger partial charge in [0.15, 0.2) is 0 Å². The van der Waals surface area contributed by atoms with Crippen LogP contribution in [0.5, 0.6) is 5.75 Å². The number of aliphatic hydroxyl groups is 3. The van der Waals surface area contributed by atoms with E-state index in [1.165, 1.54) is 18.2 Å². The third-order valence-electron chi connectivity index (χ3n) is 2.25. The number of aliphatic hydroxyl groups excluding tert-OH is 3. The maximum atomic E-state index is 10.3. The molecule has 6 nitrogen and oxygen atoms in total. The number of hydrogen-bond acceptors (Lipinski definition) is 6. The third kappa shape index (κ3) is 15.8. The summed E-state index contributed by atoms with van der Waals surface area (Å²) in [5.74, 6) is -1.16. The van der Waals surface area contributed by atoms with Gasteiger partial charge in [0.2, 0.25) is 0 Å². The van der Waals surface area contributed by atoms with Crippen molar-refractivity contribution < 1.29 is 59.9 Å². The zero-order valence-electron chi connectivity index (χ0n) is 13.6. The molecule has 0 saturated heterocycles. The van der Waals surface area contributed by atoms with Crippen LogP contribution >= 0.6 is 0 Å². The molecule has 4 N–H and O–H groups in total. The molecule has 7 heteroatoms. The van der Waals surface area contributed by atoms with Crippen LogP contribution in [0.4, 0.5) is 0 Å². The number of carboxylic acid groups (broad SMARTS) is 1. The molecule has 1 aromatic carbocycles. The van der Waals surface area contributed by atoms with Gasteiger partial charge in [0, 0.05) is 25.4 Å². The molecule has 0 bridgehead atoms. The number of aromatic hydroxyl groups is 1. The minimum Gasteiger partial charge on any atom is -0.545 e. The number of carbonyl (C=O) groups is 1. The Kier molecular flexibility index (Phi) is 22.0. The Morgan fingerprint density at radius 1 is 1.09 bits per heavy atom. The molecule has 0 radical (unpaired) electrons. The molecule has 0 fully saturated rings. The molecule has 0 saturated carbocycles. The van der Waals surface area contributed by atoms with Gasteiger partial charge in [-0.05, 0) is 56.9 Å². The standard InChI is InChI=1S/C8H8O3.C5H12O2.C2H6O.Na/c1-5-4-6(9)2-3-7(5)8(10)11;6-4-2-1-3-5-7;1-2-3;/h2-4,9H,1H3,(H,10,11);6-7H,1-5H2;3H,2H2,1H3;/q;;;+1/p-1. The number of hydrogen-bond donors (Lipinski definition) is 4. The Morgan fingerprint density at radius 3 is 1.86 bits per heavy atom. The van der Waals surface area contributed by atoms with Crippen molar-refractivity contribution in [1.82, 2.24) is 0 Å². The van der Waals surface area contributed by atoms with E-state index in [0.29, 0.717) is 5.56 Å². The van der Waals surface area contributed by atoms with Gasteiger partial charge in [-0.15, -0.1) is 0 Å². The summed E-state index contributed by atoms with van der Waals surface area (Å²) in [4.78, 5) is 10.3. The van der Waals surface area contributed by atoms with Crippen LogP contribution in [0.1, 0.15) is 42.1 Å². The fraction of sp³-hybridized carbons (Fsp3) is 0.533. The summed E-state index contributed by atoms with van der Waals surface area (Å²) in [6.07, 6.45) is 2.58. The molecule has 22 heavy (non-hydrogen) atoms. The molecule has 0 aromatic heterocycles. The topological polar surface area (TPSA) is 121 Å². The molecule has 0 atom stereocenters. The van der Waals surface area contributed by atoms with Gasteiger partial charge in [-0.1, -0.05) is 0 Å². The second-order valence-electron chi connectivity index (χ2n) is 4.11. The molecule has 0 aliphatic heterocycles. The van der Waals surface area contributed by atoms with Crippen LogP contribution in [-0.4, -0.2) is 46.2 Å². The monoisotopic (exact) mass is 324 g/mol. The van der Waals surface area contributed by atoms with Crippen molar-refractivity contribution in [2.45, 2.75) is 33.1 Å². The minimum absolute atomic E-state index is 0. The summed E-state index contributed by atoms with van der Waals surface area (Å²) in [5.41, 5.74) is 0.618. The minimum atomic E-state index is -1.22. The fourth-order valence-corrected chi connectivity index (χ4v) is 1.28.